The van der Waals surface area contributed by atoms with Crippen LogP contribution >= 0.6 is 24.8 Å². The van der Waals surface area contributed by atoms with Gasteiger partial charge in [-0.25, -0.2) is 4.98 Å². The number of amides is 1. The van der Waals surface area contributed by atoms with Gasteiger partial charge in [0.1, 0.15) is 5.82 Å². The summed E-state index contributed by atoms with van der Waals surface area (Å²) in [5, 5.41) is 0. The summed E-state index contributed by atoms with van der Waals surface area (Å²) >= 11 is 0. The fraction of sp³-hybridized carbons (Fsp3) is 0.500. The van der Waals surface area contributed by atoms with Crippen LogP contribution in [0.5, 0.6) is 0 Å². The van der Waals surface area contributed by atoms with Gasteiger partial charge in [0.05, 0.1) is 11.0 Å². The molecule has 2 aromatic rings. The van der Waals surface area contributed by atoms with Gasteiger partial charge in [-0.15, -0.1) is 24.8 Å². The zero-order valence-corrected chi connectivity index (χ0v) is 14.9. The van der Waals surface area contributed by atoms with Gasteiger partial charge in [-0.05, 0) is 31.4 Å². The minimum atomic E-state index is 0. The standard InChI is InChI=1S/C16H22N4O.2ClH/c1-11-4-2-6-13-16(11)19-14(18-13)7-8-15(21)20-9-3-5-12(20)10-17;;/h2,4,6,12H,3,5,7-10,17H2,1H3,(H,18,19);2*1H. The van der Waals surface area contributed by atoms with Crippen LogP contribution in [0.4, 0.5) is 0 Å². The lowest BCUT2D eigenvalue weighted by molar-refractivity contribution is -0.131. The normalized spacial score (nSPS) is 17.0. The first-order valence-corrected chi connectivity index (χ1v) is 7.63. The molecule has 5 nitrogen and oxygen atoms in total. The molecule has 3 rings (SSSR count). The van der Waals surface area contributed by atoms with Crippen molar-refractivity contribution in [3.63, 3.8) is 0 Å². The predicted molar refractivity (Wildman–Crippen MR) is 97.4 cm³/mol. The van der Waals surface area contributed by atoms with Gasteiger partial charge < -0.3 is 15.6 Å². The van der Waals surface area contributed by atoms with Crippen LogP contribution in [0.1, 0.15) is 30.7 Å². The number of benzene rings is 1. The van der Waals surface area contributed by atoms with E-state index < -0.39 is 0 Å². The van der Waals surface area contributed by atoms with Crippen molar-refractivity contribution >= 4 is 41.8 Å². The first-order chi connectivity index (χ1) is 10.2. The number of hydrogen-bond acceptors (Lipinski definition) is 3. The Bertz CT molecular complexity index is 659. The van der Waals surface area contributed by atoms with Crippen LogP contribution < -0.4 is 5.73 Å². The Morgan fingerprint density at radius 1 is 1.43 bits per heavy atom. The number of para-hydroxylation sites is 1. The highest BCUT2D eigenvalue weighted by Crippen LogP contribution is 2.19. The van der Waals surface area contributed by atoms with E-state index in [1.807, 2.05) is 30.0 Å². The van der Waals surface area contributed by atoms with Gasteiger partial charge in [0.15, 0.2) is 0 Å². The Morgan fingerprint density at radius 2 is 2.22 bits per heavy atom. The Kier molecular flexibility index (Phi) is 7.32. The third-order valence-electron chi connectivity index (χ3n) is 4.31. The molecular weight excluding hydrogens is 335 g/mol. The predicted octanol–water partition coefficient (Wildman–Crippen LogP) is 2.60. The molecule has 1 fully saturated rings. The van der Waals surface area contributed by atoms with Crippen LogP contribution in [0.25, 0.3) is 11.0 Å². The first kappa shape index (κ1) is 19.7. The molecule has 0 aliphatic carbocycles. The number of rotatable bonds is 4. The van der Waals surface area contributed by atoms with Crippen molar-refractivity contribution < 1.29 is 4.79 Å². The highest BCUT2D eigenvalue weighted by molar-refractivity contribution is 5.85. The van der Waals surface area contributed by atoms with Crippen LogP contribution in [0.15, 0.2) is 18.2 Å². The van der Waals surface area contributed by atoms with Crippen molar-refractivity contribution in [1.29, 1.82) is 0 Å². The lowest BCUT2D eigenvalue weighted by Crippen LogP contribution is -2.40. The molecule has 1 atom stereocenters. The number of aromatic nitrogens is 2. The average Bonchev–Trinajstić information content (AvgIpc) is 3.11. The number of carbonyl (C=O) groups excluding carboxylic acids is 1. The van der Waals surface area contributed by atoms with Gasteiger partial charge in [0, 0.05) is 32.0 Å². The van der Waals surface area contributed by atoms with Crippen molar-refractivity contribution in [3.8, 4) is 0 Å². The van der Waals surface area contributed by atoms with E-state index in [0.29, 0.717) is 19.4 Å². The third kappa shape index (κ3) is 4.16. The molecule has 3 N–H and O–H groups in total. The van der Waals surface area contributed by atoms with E-state index in [-0.39, 0.29) is 36.8 Å². The quantitative estimate of drug-likeness (QED) is 0.881. The summed E-state index contributed by atoms with van der Waals surface area (Å²) in [6.45, 7) is 3.46. The Balaban J connectivity index is 0.00000132. The van der Waals surface area contributed by atoms with E-state index in [0.717, 1.165) is 41.8 Å². The lowest BCUT2D eigenvalue weighted by Gasteiger charge is -2.23. The number of imidazole rings is 1. The van der Waals surface area contributed by atoms with Crippen LogP contribution in [-0.4, -0.2) is 39.9 Å². The minimum Gasteiger partial charge on any atom is -0.342 e. The summed E-state index contributed by atoms with van der Waals surface area (Å²) < 4.78 is 0. The molecule has 0 bridgehead atoms. The van der Waals surface area contributed by atoms with Crippen molar-refractivity contribution in [2.24, 2.45) is 5.73 Å². The maximum Gasteiger partial charge on any atom is 0.223 e. The molecule has 1 unspecified atom stereocenters. The number of aromatic amines is 1. The van der Waals surface area contributed by atoms with Crippen molar-refractivity contribution in [2.45, 2.75) is 38.6 Å². The Morgan fingerprint density at radius 3 is 2.91 bits per heavy atom. The number of halogens is 2. The zero-order valence-electron chi connectivity index (χ0n) is 13.2. The number of fused-ring (bicyclic) bond motifs is 1. The highest BCUT2D eigenvalue weighted by atomic mass is 35.5. The highest BCUT2D eigenvalue weighted by Gasteiger charge is 2.27. The molecule has 1 aliphatic rings. The molecule has 0 radical (unpaired) electrons. The summed E-state index contributed by atoms with van der Waals surface area (Å²) in [5.41, 5.74) is 8.92. The van der Waals surface area contributed by atoms with E-state index in [1.54, 1.807) is 0 Å². The fourth-order valence-corrected chi connectivity index (χ4v) is 3.12. The van der Waals surface area contributed by atoms with Gasteiger partial charge in [0.2, 0.25) is 5.91 Å². The van der Waals surface area contributed by atoms with Crippen LogP contribution in [0.3, 0.4) is 0 Å². The summed E-state index contributed by atoms with van der Waals surface area (Å²) in [5.74, 6) is 1.08. The molecule has 23 heavy (non-hydrogen) atoms. The molecule has 1 aromatic heterocycles. The van der Waals surface area contributed by atoms with Crippen molar-refractivity contribution in [3.05, 3.63) is 29.6 Å². The van der Waals surface area contributed by atoms with Gasteiger partial charge in [-0.2, -0.15) is 0 Å². The number of nitrogens with two attached hydrogens (primary N) is 1. The topological polar surface area (TPSA) is 75.0 Å². The molecule has 1 saturated heterocycles. The third-order valence-corrected chi connectivity index (χ3v) is 4.31. The second kappa shape index (κ2) is 8.52. The monoisotopic (exact) mass is 358 g/mol. The van der Waals surface area contributed by atoms with Gasteiger partial charge >= 0.3 is 0 Å². The van der Waals surface area contributed by atoms with Crippen molar-refractivity contribution in [2.75, 3.05) is 13.1 Å². The Labute approximate surface area is 148 Å². The lowest BCUT2D eigenvalue weighted by atomic mass is 10.2. The number of nitrogens with one attached hydrogen (secondary N) is 1. The molecule has 1 aliphatic heterocycles. The number of H-pyrrole nitrogens is 1. The second-order valence-corrected chi connectivity index (χ2v) is 5.77. The number of carbonyl (C=O) groups is 1. The molecule has 7 heteroatoms. The largest absolute Gasteiger partial charge is 0.342 e. The molecule has 128 valence electrons. The zero-order chi connectivity index (χ0) is 14.8. The number of aryl methyl sites for hydroxylation is 2. The van der Waals surface area contributed by atoms with Crippen molar-refractivity contribution in [1.82, 2.24) is 14.9 Å². The summed E-state index contributed by atoms with van der Waals surface area (Å²) in [6, 6.07) is 6.32. The minimum absolute atomic E-state index is 0. The molecule has 2 heterocycles. The molecule has 1 aromatic carbocycles. The summed E-state index contributed by atoms with van der Waals surface area (Å²) in [7, 11) is 0. The maximum atomic E-state index is 12.3. The van der Waals surface area contributed by atoms with E-state index in [2.05, 4.69) is 9.97 Å². The molecular formula is C16H24Cl2N4O. The number of nitrogens with zero attached hydrogens (tertiary/aromatic N) is 2. The Hall–Kier alpha value is -1.30. The SMILES string of the molecule is Cc1cccc2[nH]c(CCC(=O)N3CCCC3CN)nc12.Cl.Cl. The van der Waals surface area contributed by atoms with E-state index in [1.165, 1.54) is 0 Å². The molecule has 1 amide bonds. The smallest absolute Gasteiger partial charge is 0.223 e. The maximum absolute atomic E-state index is 12.3. The van der Waals surface area contributed by atoms with Gasteiger partial charge in [-0.3, -0.25) is 4.79 Å². The van der Waals surface area contributed by atoms with Crippen LogP contribution in [0.2, 0.25) is 0 Å². The fourth-order valence-electron chi connectivity index (χ4n) is 3.12. The molecule has 0 spiro atoms. The van der Waals surface area contributed by atoms with Crippen LogP contribution in [-0.2, 0) is 11.2 Å². The van der Waals surface area contributed by atoms with Crippen LogP contribution in [0, 0.1) is 6.92 Å². The van der Waals surface area contributed by atoms with Gasteiger partial charge in [0.25, 0.3) is 0 Å². The number of hydrogen-bond donors (Lipinski definition) is 2. The van der Waals surface area contributed by atoms with E-state index >= 15 is 0 Å². The first-order valence-electron chi connectivity index (χ1n) is 7.63. The van der Waals surface area contributed by atoms with E-state index in [9.17, 15) is 4.79 Å². The van der Waals surface area contributed by atoms with Gasteiger partial charge in [-0.1, -0.05) is 12.1 Å². The van der Waals surface area contributed by atoms with E-state index in [4.69, 9.17) is 5.73 Å². The number of likely N-dealkylation sites (tertiary alicyclic amines) is 1. The average molecular weight is 359 g/mol. The molecule has 0 saturated carbocycles. The second-order valence-electron chi connectivity index (χ2n) is 5.77. The summed E-state index contributed by atoms with van der Waals surface area (Å²) in [4.78, 5) is 22.1. The summed E-state index contributed by atoms with van der Waals surface area (Å²) in [6.07, 6.45) is 3.25.